The molecule has 0 bridgehead atoms. The van der Waals surface area contributed by atoms with Gasteiger partial charge in [0, 0.05) is 10.2 Å². The molecule has 0 fully saturated rings. The molecule has 0 heterocycles. The van der Waals surface area contributed by atoms with E-state index in [1.165, 1.54) is 6.07 Å². The van der Waals surface area contributed by atoms with Gasteiger partial charge in [-0.15, -0.1) is 0 Å². The summed E-state index contributed by atoms with van der Waals surface area (Å²) in [6, 6.07) is 7.47. The average Bonchev–Trinajstić information content (AvgIpc) is 2.39. The number of halogens is 3. The minimum absolute atomic E-state index is 0.00816. The van der Waals surface area contributed by atoms with E-state index < -0.39 is 20.7 Å². The Labute approximate surface area is 138 Å². The normalized spacial score (nSPS) is 11.4. The maximum Gasteiger partial charge on any atom is 0.264 e. The molecule has 2 aromatic rings. The third kappa shape index (κ3) is 3.38. The van der Waals surface area contributed by atoms with E-state index in [1.54, 1.807) is 12.1 Å². The molecule has 2 aromatic carbocycles. The number of hydrogen-bond donors (Lipinski definition) is 2. The number of anilines is 2. The molecule has 0 saturated heterocycles. The first-order valence-corrected chi connectivity index (χ1v) is 8.82. The van der Waals surface area contributed by atoms with E-state index in [4.69, 9.17) is 5.73 Å². The molecule has 21 heavy (non-hydrogen) atoms. The summed E-state index contributed by atoms with van der Waals surface area (Å²) in [5.41, 5.74) is 6.90. The zero-order valence-corrected chi connectivity index (χ0v) is 14.8. The molecule has 0 aromatic heterocycles. The summed E-state index contributed by atoms with van der Waals surface area (Å²) in [5, 5.41) is 0. The zero-order chi connectivity index (χ0) is 15.8. The lowest BCUT2D eigenvalue weighted by Gasteiger charge is -2.12. The fourth-order valence-corrected chi connectivity index (χ4v) is 4.02. The molecule has 0 aliphatic rings. The van der Waals surface area contributed by atoms with Crippen LogP contribution in [0.25, 0.3) is 0 Å². The van der Waals surface area contributed by atoms with Crippen molar-refractivity contribution >= 4 is 53.3 Å². The second-order valence-electron chi connectivity index (χ2n) is 4.36. The monoisotopic (exact) mass is 436 g/mol. The maximum absolute atomic E-state index is 14.0. The fraction of sp³-hybridized carbons (Fsp3) is 0.0769. The Bertz CT molecular complexity index is 810. The second kappa shape index (κ2) is 5.94. The van der Waals surface area contributed by atoms with Gasteiger partial charge in [-0.25, -0.2) is 12.8 Å². The number of hydrogen-bond acceptors (Lipinski definition) is 3. The highest BCUT2D eigenvalue weighted by Crippen LogP contribution is 2.31. The van der Waals surface area contributed by atoms with Gasteiger partial charge in [0.1, 0.15) is 4.90 Å². The van der Waals surface area contributed by atoms with Crippen LogP contribution in [0.15, 0.2) is 44.2 Å². The molecule has 0 amide bonds. The summed E-state index contributed by atoms with van der Waals surface area (Å²) in [7, 11) is -4.09. The minimum atomic E-state index is -4.09. The van der Waals surface area contributed by atoms with E-state index in [0.717, 1.165) is 11.6 Å². The van der Waals surface area contributed by atoms with Crippen molar-refractivity contribution in [1.82, 2.24) is 0 Å². The molecule has 0 aliphatic heterocycles. The molecule has 0 atom stereocenters. The Kier molecular flexibility index (Phi) is 4.60. The molecule has 0 spiro atoms. The van der Waals surface area contributed by atoms with Gasteiger partial charge >= 0.3 is 0 Å². The lowest BCUT2D eigenvalue weighted by atomic mass is 10.2. The van der Waals surface area contributed by atoms with Gasteiger partial charge in [0.25, 0.3) is 10.0 Å². The molecule has 2 rings (SSSR count). The Morgan fingerprint density at radius 1 is 1.24 bits per heavy atom. The van der Waals surface area contributed by atoms with Gasteiger partial charge in [-0.05, 0) is 62.5 Å². The van der Waals surface area contributed by atoms with Crippen LogP contribution in [0.1, 0.15) is 5.56 Å². The van der Waals surface area contributed by atoms with Crippen LogP contribution in [-0.4, -0.2) is 8.42 Å². The van der Waals surface area contributed by atoms with E-state index in [9.17, 15) is 12.8 Å². The molecule has 112 valence electrons. The highest BCUT2D eigenvalue weighted by molar-refractivity contribution is 9.11. The first kappa shape index (κ1) is 16.3. The lowest BCUT2D eigenvalue weighted by Crippen LogP contribution is -2.15. The van der Waals surface area contributed by atoms with E-state index in [2.05, 4.69) is 36.6 Å². The minimum Gasteiger partial charge on any atom is -0.399 e. The summed E-state index contributed by atoms with van der Waals surface area (Å²) < 4.78 is 41.6. The zero-order valence-electron chi connectivity index (χ0n) is 10.8. The van der Waals surface area contributed by atoms with Crippen molar-refractivity contribution in [3.05, 3.63) is 50.7 Å². The summed E-state index contributed by atoms with van der Waals surface area (Å²) in [6.07, 6.45) is 0. The quantitative estimate of drug-likeness (QED) is 0.711. The topological polar surface area (TPSA) is 72.2 Å². The average molecular weight is 438 g/mol. The van der Waals surface area contributed by atoms with Crippen LogP contribution >= 0.6 is 31.9 Å². The Balaban J connectivity index is 2.51. The number of nitrogens with two attached hydrogens (primary N) is 1. The number of sulfonamides is 1. The van der Waals surface area contributed by atoms with E-state index in [0.29, 0.717) is 10.2 Å². The highest BCUT2D eigenvalue weighted by Gasteiger charge is 2.22. The third-order valence-corrected chi connectivity index (χ3v) is 5.74. The lowest BCUT2D eigenvalue weighted by molar-refractivity contribution is 0.567. The van der Waals surface area contributed by atoms with Gasteiger partial charge in [0.2, 0.25) is 0 Å². The van der Waals surface area contributed by atoms with Gasteiger partial charge in [-0.2, -0.15) is 0 Å². The van der Waals surface area contributed by atoms with Crippen molar-refractivity contribution < 1.29 is 12.8 Å². The Morgan fingerprint density at radius 3 is 2.57 bits per heavy atom. The first-order valence-electron chi connectivity index (χ1n) is 5.75. The van der Waals surface area contributed by atoms with Crippen molar-refractivity contribution in [2.75, 3.05) is 10.5 Å². The molecule has 8 heteroatoms. The van der Waals surface area contributed by atoms with Crippen molar-refractivity contribution in [1.29, 1.82) is 0 Å². The summed E-state index contributed by atoms with van der Waals surface area (Å²) in [5.74, 6) is -0.888. The van der Waals surface area contributed by atoms with E-state index in [-0.39, 0.29) is 10.2 Å². The maximum atomic E-state index is 14.0. The van der Waals surface area contributed by atoms with E-state index in [1.807, 2.05) is 13.0 Å². The molecule has 0 aliphatic carbocycles. The summed E-state index contributed by atoms with van der Waals surface area (Å²) >= 11 is 6.24. The number of rotatable bonds is 3. The van der Waals surface area contributed by atoms with Crippen LogP contribution in [0.5, 0.6) is 0 Å². The predicted octanol–water partition coefficient (Wildman–Crippen LogP) is 4.04. The van der Waals surface area contributed by atoms with Crippen LogP contribution in [-0.2, 0) is 10.0 Å². The predicted molar refractivity (Wildman–Crippen MR) is 88.2 cm³/mol. The van der Waals surface area contributed by atoms with Gasteiger partial charge in [-0.1, -0.05) is 12.1 Å². The van der Waals surface area contributed by atoms with Gasteiger partial charge < -0.3 is 5.73 Å². The summed E-state index contributed by atoms with van der Waals surface area (Å²) in [4.78, 5) is -0.511. The smallest absolute Gasteiger partial charge is 0.264 e. The van der Waals surface area contributed by atoms with Gasteiger partial charge in [0.05, 0.1) is 10.2 Å². The number of nitrogens with one attached hydrogen (secondary N) is 1. The molecule has 0 radical (unpaired) electrons. The van der Waals surface area contributed by atoms with Gasteiger partial charge in [-0.3, -0.25) is 4.72 Å². The molecule has 0 saturated carbocycles. The van der Waals surface area contributed by atoms with Gasteiger partial charge in [0.15, 0.2) is 5.82 Å². The van der Waals surface area contributed by atoms with Crippen LogP contribution < -0.4 is 10.5 Å². The third-order valence-electron chi connectivity index (χ3n) is 2.74. The van der Waals surface area contributed by atoms with Crippen molar-refractivity contribution in [2.24, 2.45) is 0 Å². The molecular formula is C13H11Br2FN2O2S. The molecule has 4 nitrogen and oxygen atoms in total. The number of benzene rings is 2. The first-order chi connectivity index (χ1) is 9.72. The number of nitrogen functional groups attached to an aromatic ring is 1. The van der Waals surface area contributed by atoms with Crippen molar-refractivity contribution in [3.63, 3.8) is 0 Å². The fourth-order valence-electron chi connectivity index (χ4n) is 1.71. The van der Waals surface area contributed by atoms with Crippen LogP contribution in [0.4, 0.5) is 15.8 Å². The highest BCUT2D eigenvalue weighted by atomic mass is 79.9. The van der Waals surface area contributed by atoms with E-state index >= 15 is 0 Å². The Morgan fingerprint density at radius 2 is 1.90 bits per heavy atom. The second-order valence-corrected chi connectivity index (χ2v) is 7.65. The standard InChI is InChI=1S/C13H11Br2FN2O2S/c1-7-3-2-4-10(12(7)15)18-21(19,20)11-6-8(17)5-9(14)13(11)16/h2-6,18H,17H2,1H3. The van der Waals surface area contributed by atoms with Crippen molar-refractivity contribution in [2.45, 2.75) is 11.8 Å². The number of aryl methyl sites for hydroxylation is 1. The SMILES string of the molecule is Cc1cccc(NS(=O)(=O)c2cc(N)cc(Br)c2F)c1Br. The largest absolute Gasteiger partial charge is 0.399 e. The summed E-state index contributed by atoms with van der Waals surface area (Å²) in [6.45, 7) is 1.82. The van der Waals surface area contributed by atoms with Crippen LogP contribution in [0.3, 0.4) is 0 Å². The van der Waals surface area contributed by atoms with Crippen molar-refractivity contribution in [3.8, 4) is 0 Å². The van der Waals surface area contributed by atoms with Crippen LogP contribution in [0, 0.1) is 12.7 Å². The molecule has 3 N–H and O–H groups in total. The molecular weight excluding hydrogens is 427 g/mol. The molecule has 0 unspecified atom stereocenters. The van der Waals surface area contributed by atoms with Crippen LogP contribution in [0.2, 0.25) is 0 Å². The Hall–Kier alpha value is -1.12.